The first-order valence-electron chi connectivity index (χ1n) is 8.70. The second-order valence-corrected chi connectivity index (χ2v) is 6.60. The molecule has 0 bridgehead atoms. The zero-order valence-electron chi connectivity index (χ0n) is 13.6. The lowest BCUT2D eigenvalue weighted by atomic mass is 10.2. The summed E-state index contributed by atoms with van der Waals surface area (Å²) in [5.41, 5.74) is 1.15. The summed E-state index contributed by atoms with van der Waals surface area (Å²) in [7, 11) is 0. The van der Waals surface area contributed by atoms with Crippen LogP contribution in [0, 0.1) is 0 Å². The maximum absolute atomic E-state index is 6.05. The molecule has 4 heteroatoms. The van der Waals surface area contributed by atoms with Gasteiger partial charge in [0.1, 0.15) is 11.5 Å². The Hall–Kier alpha value is -1.62. The van der Waals surface area contributed by atoms with E-state index in [2.05, 4.69) is 51.5 Å². The molecule has 1 atom stereocenters. The van der Waals surface area contributed by atoms with Crippen LogP contribution < -0.4 is 5.32 Å². The van der Waals surface area contributed by atoms with Gasteiger partial charge in [0.15, 0.2) is 0 Å². The molecule has 2 aliphatic heterocycles. The van der Waals surface area contributed by atoms with E-state index >= 15 is 0 Å². The molecule has 4 nitrogen and oxygen atoms in total. The van der Waals surface area contributed by atoms with Crippen molar-refractivity contribution in [3.63, 3.8) is 0 Å². The highest BCUT2D eigenvalue weighted by molar-refractivity contribution is 5.57. The van der Waals surface area contributed by atoms with E-state index in [-0.39, 0.29) is 0 Å². The van der Waals surface area contributed by atoms with Crippen molar-refractivity contribution in [3.05, 3.63) is 48.2 Å². The topological polar surface area (TPSA) is 31.6 Å². The third-order valence-electron chi connectivity index (χ3n) is 5.01. The molecule has 4 rings (SSSR count). The summed E-state index contributed by atoms with van der Waals surface area (Å²) in [6, 6.07) is 15.3. The molecule has 2 aromatic rings. The summed E-state index contributed by atoms with van der Waals surface area (Å²) in [6.45, 7) is 7.92. The molecular formula is C19H25N3O. The lowest BCUT2D eigenvalue weighted by molar-refractivity contribution is 0.168. The summed E-state index contributed by atoms with van der Waals surface area (Å²) in [6.07, 6.45) is 1.28. The molecule has 0 spiro atoms. The second-order valence-electron chi connectivity index (χ2n) is 6.60. The number of piperazine rings is 1. The molecular weight excluding hydrogens is 286 g/mol. The van der Waals surface area contributed by atoms with E-state index in [0.717, 1.165) is 42.8 Å². The summed E-state index contributed by atoms with van der Waals surface area (Å²) in [5, 5.41) is 3.44. The van der Waals surface area contributed by atoms with Crippen molar-refractivity contribution >= 4 is 0 Å². The fourth-order valence-corrected chi connectivity index (χ4v) is 3.74. The minimum atomic E-state index is 0.723. The molecule has 0 amide bonds. The van der Waals surface area contributed by atoms with Gasteiger partial charge in [-0.25, -0.2) is 0 Å². The molecule has 0 saturated carbocycles. The van der Waals surface area contributed by atoms with Crippen LogP contribution in [0.25, 0.3) is 11.3 Å². The number of hydrogen-bond donors (Lipinski definition) is 1. The molecule has 1 aromatic carbocycles. The minimum Gasteiger partial charge on any atom is -0.460 e. The third kappa shape index (κ3) is 3.50. The number of nitrogens with one attached hydrogen (secondary N) is 1. The Morgan fingerprint density at radius 1 is 1.00 bits per heavy atom. The van der Waals surface area contributed by atoms with Gasteiger partial charge in [-0.1, -0.05) is 30.3 Å². The minimum absolute atomic E-state index is 0.723. The molecule has 1 unspecified atom stereocenters. The number of benzene rings is 1. The first-order valence-corrected chi connectivity index (χ1v) is 8.70. The standard InChI is InChI=1S/C19H25N3O/c1-2-4-16(5-3-1)19-7-6-18(23-19)15-21-11-8-17(14-21)22-12-9-20-10-13-22/h1-7,17,20H,8-15H2. The Bertz CT molecular complexity index is 619. The van der Waals surface area contributed by atoms with Gasteiger partial charge in [-0.2, -0.15) is 0 Å². The van der Waals surface area contributed by atoms with Gasteiger partial charge in [0, 0.05) is 50.9 Å². The average Bonchev–Trinajstić information content (AvgIpc) is 3.27. The van der Waals surface area contributed by atoms with E-state index in [0.29, 0.717) is 0 Å². The number of hydrogen-bond acceptors (Lipinski definition) is 4. The average molecular weight is 311 g/mol. The predicted octanol–water partition coefficient (Wildman–Crippen LogP) is 2.43. The zero-order valence-corrected chi connectivity index (χ0v) is 13.6. The Morgan fingerprint density at radius 3 is 2.65 bits per heavy atom. The molecule has 2 fully saturated rings. The van der Waals surface area contributed by atoms with Crippen molar-refractivity contribution in [1.29, 1.82) is 0 Å². The first-order chi connectivity index (χ1) is 11.4. The van der Waals surface area contributed by atoms with Gasteiger partial charge in [0.05, 0.1) is 6.54 Å². The smallest absolute Gasteiger partial charge is 0.134 e. The van der Waals surface area contributed by atoms with Crippen LogP contribution in [0.2, 0.25) is 0 Å². The predicted molar refractivity (Wildman–Crippen MR) is 92.3 cm³/mol. The van der Waals surface area contributed by atoms with Crippen LogP contribution in [-0.4, -0.2) is 55.1 Å². The number of furan rings is 1. The van der Waals surface area contributed by atoms with Crippen LogP contribution >= 0.6 is 0 Å². The molecule has 0 aliphatic carbocycles. The second kappa shape index (κ2) is 6.87. The van der Waals surface area contributed by atoms with Gasteiger partial charge in [0.2, 0.25) is 0 Å². The Kier molecular flexibility index (Phi) is 4.46. The summed E-state index contributed by atoms with van der Waals surface area (Å²) in [4.78, 5) is 5.17. The zero-order chi connectivity index (χ0) is 15.5. The normalized spacial score (nSPS) is 23.4. The quantitative estimate of drug-likeness (QED) is 0.940. The van der Waals surface area contributed by atoms with Crippen LogP contribution in [0.1, 0.15) is 12.2 Å². The summed E-state index contributed by atoms with van der Waals surface area (Å²) < 4.78 is 6.05. The Labute approximate surface area is 138 Å². The molecule has 2 aliphatic rings. The third-order valence-corrected chi connectivity index (χ3v) is 5.01. The van der Waals surface area contributed by atoms with Gasteiger partial charge < -0.3 is 9.73 Å². The van der Waals surface area contributed by atoms with Crippen LogP contribution in [-0.2, 0) is 6.54 Å². The van der Waals surface area contributed by atoms with Gasteiger partial charge in [-0.05, 0) is 18.6 Å². The highest BCUT2D eigenvalue weighted by atomic mass is 16.3. The maximum atomic E-state index is 6.05. The SMILES string of the molecule is c1ccc(-c2ccc(CN3CCC(N4CCNCC4)C3)o2)cc1. The van der Waals surface area contributed by atoms with E-state index in [4.69, 9.17) is 4.42 Å². The van der Waals surface area contributed by atoms with E-state index in [1.165, 1.54) is 32.6 Å². The van der Waals surface area contributed by atoms with Crippen LogP contribution in [0.15, 0.2) is 46.9 Å². The highest BCUT2D eigenvalue weighted by Crippen LogP contribution is 2.24. The Morgan fingerprint density at radius 2 is 1.83 bits per heavy atom. The molecule has 0 radical (unpaired) electrons. The largest absolute Gasteiger partial charge is 0.460 e. The van der Waals surface area contributed by atoms with Crippen molar-refractivity contribution in [3.8, 4) is 11.3 Å². The van der Waals surface area contributed by atoms with Crippen molar-refractivity contribution in [1.82, 2.24) is 15.1 Å². The van der Waals surface area contributed by atoms with E-state index in [1.807, 2.05) is 6.07 Å². The molecule has 122 valence electrons. The van der Waals surface area contributed by atoms with Crippen LogP contribution in [0.5, 0.6) is 0 Å². The lowest BCUT2D eigenvalue weighted by Gasteiger charge is -2.32. The van der Waals surface area contributed by atoms with Crippen molar-refractivity contribution in [2.75, 3.05) is 39.3 Å². The van der Waals surface area contributed by atoms with Crippen molar-refractivity contribution in [2.24, 2.45) is 0 Å². The van der Waals surface area contributed by atoms with Crippen molar-refractivity contribution in [2.45, 2.75) is 19.0 Å². The number of likely N-dealkylation sites (tertiary alicyclic amines) is 1. The van der Waals surface area contributed by atoms with Gasteiger partial charge in [-0.3, -0.25) is 9.80 Å². The van der Waals surface area contributed by atoms with E-state index < -0.39 is 0 Å². The molecule has 1 aromatic heterocycles. The number of rotatable bonds is 4. The Balaban J connectivity index is 1.35. The molecule has 1 N–H and O–H groups in total. The van der Waals surface area contributed by atoms with Crippen LogP contribution in [0.4, 0.5) is 0 Å². The monoisotopic (exact) mass is 311 g/mol. The number of nitrogens with zero attached hydrogens (tertiary/aromatic N) is 2. The summed E-state index contributed by atoms with van der Waals surface area (Å²) >= 11 is 0. The molecule has 23 heavy (non-hydrogen) atoms. The van der Waals surface area contributed by atoms with Crippen molar-refractivity contribution < 1.29 is 4.42 Å². The maximum Gasteiger partial charge on any atom is 0.134 e. The molecule has 3 heterocycles. The highest BCUT2D eigenvalue weighted by Gasteiger charge is 2.28. The van der Waals surface area contributed by atoms with Gasteiger partial charge >= 0.3 is 0 Å². The van der Waals surface area contributed by atoms with E-state index in [9.17, 15) is 0 Å². The van der Waals surface area contributed by atoms with Gasteiger partial charge in [0.25, 0.3) is 0 Å². The van der Waals surface area contributed by atoms with E-state index in [1.54, 1.807) is 0 Å². The van der Waals surface area contributed by atoms with Crippen LogP contribution in [0.3, 0.4) is 0 Å². The lowest BCUT2D eigenvalue weighted by Crippen LogP contribution is -2.49. The fourth-order valence-electron chi connectivity index (χ4n) is 3.74. The van der Waals surface area contributed by atoms with Gasteiger partial charge in [-0.15, -0.1) is 0 Å². The molecule has 2 saturated heterocycles. The fraction of sp³-hybridized carbons (Fsp3) is 0.474. The summed E-state index contributed by atoms with van der Waals surface area (Å²) in [5.74, 6) is 2.04. The first kappa shape index (κ1) is 14.9.